The molecule has 1 saturated carbocycles. The molecule has 210 valence electrons. The molecule has 4 atom stereocenters. The molecule has 1 amide bonds. The molecule has 40 heavy (non-hydrogen) atoms. The predicted octanol–water partition coefficient (Wildman–Crippen LogP) is 6.64. The smallest absolute Gasteiger partial charge is 0.416 e. The number of fused-ring (bicyclic) bond motifs is 3. The van der Waals surface area contributed by atoms with E-state index in [9.17, 15) is 18.0 Å². The Balaban J connectivity index is 1.13. The number of aromatic nitrogens is 3. The molecule has 0 radical (unpaired) electrons. The lowest BCUT2D eigenvalue weighted by Crippen LogP contribution is -2.54. The lowest BCUT2D eigenvalue weighted by molar-refractivity contribution is -0.137. The molecule has 1 N–H and O–H groups in total. The van der Waals surface area contributed by atoms with Gasteiger partial charge in [0.1, 0.15) is 6.61 Å². The summed E-state index contributed by atoms with van der Waals surface area (Å²) < 4.78 is 44.4. The molecule has 1 aromatic carbocycles. The molecular formula is C30H32F3N5O2. The number of nitrogens with one attached hydrogen (secondary N) is 1. The zero-order valence-corrected chi connectivity index (χ0v) is 22.1. The second-order valence-electron chi connectivity index (χ2n) is 11.1. The van der Waals surface area contributed by atoms with Gasteiger partial charge in [-0.05, 0) is 74.5 Å². The topological polar surface area (TPSA) is 80.2 Å². The van der Waals surface area contributed by atoms with E-state index in [0.29, 0.717) is 11.8 Å². The maximum Gasteiger partial charge on any atom is 0.416 e. The number of ether oxygens (including phenoxy) is 1. The van der Waals surface area contributed by atoms with Gasteiger partial charge < -0.3 is 4.74 Å². The number of pyridine rings is 1. The molecule has 7 rings (SSSR count). The molecule has 5 heterocycles. The van der Waals surface area contributed by atoms with Crippen molar-refractivity contribution in [2.75, 3.05) is 25.0 Å². The maximum atomic E-state index is 13.0. The van der Waals surface area contributed by atoms with Crippen molar-refractivity contribution in [3.63, 3.8) is 0 Å². The number of piperidine rings is 3. The van der Waals surface area contributed by atoms with Gasteiger partial charge >= 0.3 is 12.3 Å². The molecule has 7 nitrogen and oxygen atoms in total. The average Bonchev–Trinajstić information content (AvgIpc) is 3.52. The minimum absolute atomic E-state index is 0.0530. The van der Waals surface area contributed by atoms with Crippen LogP contribution in [0.5, 0.6) is 0 Å². The van der Waals surface area contributed by atoms with E-state index in [1.807, 2.05) is 12.1 Å². The summed E-state index contributed by atoms with van der Waals surface area (Å²) in [6.07, 6.45) is 5.01. The van der Waals surface area contributed by atoms with Gasteiger partial charge in [-0.25, -0.2) is 14.8 Å². The van der Waals surface area contributed by atoms with Crippen LogP contribution in [0.15, 0.2) is 54.9 Å². The second-order valence-corrected chi connectivity index (χ2v) is 11.1. The van der Waals surface area contributed by atoms with E-state index in [1.54, 1.807) is 12.4 Å². The molecule has 4 fully saturated rings. The first-order valence-electron chi connectivity index (χ1n) is 14.0. The highest BCUT2D eigenvalue weighted by atomic mass is 19.4. The Labute approximate surface area is 231 Å². The zero-order valence-electron chi connectivity index (χ0n) is 22.1. The zero-order chi connectivity index (χ0) is 27.7. The number of carbonyl (C=O) groups excluding carboxylic acids is 1. The van der Waals surface area contributed by atoms with E-state index in [-0.39, 0.29) is 24.3 Å². The van der Waals surface area contributed by atoms with Crippen LogP contribution in [-0.4, -0.2) is 51.7 Å². The quantitative estimate of drug-likeness (QED) is 0.370. The minimum atomic E-state index is -4.48. The van der Waals surface area contributed by atoms with Gasteiger partial charge in [-0.1, -0.05) is 18.9 Å². The lowest BCUT2D eigenvalue weighted by Gasteiger charge is -2.49. The highest BCUT2D eigenvalue weighted by molar-refractivity contribution is 5.84. The lowest BCUT2D eigenvalue weighted by atomic mass is 9.74. The molecule has 3 aromatic rings. The first-order chi connectivity index (χ1) is 19.3. The summed E-state index contributed by atoms with van der Waals surface area (Å²) in [7, 11) is 0. The van der Waals surface area contributed by atoms with Crippen LogP contribution in [0.25, 0.3) is 11.4 Å². The van der Waals surface area contributed by atoms with Crippen molar-refractivity contribution < 1.29 is 22.7 Å². The number of hydrogen-bond donors (Lipinski definition) is 1. The Kier molecular flexibility index (Phi) is 7.44. The second kappa shape index (κ2) is 11.2. The van der Waals surface area contributed by atoms with Crippen molar-refractivity contribution in [3.8, 4) is 11.4 Å². The molecule has 1 aliphatic carbocycles. The third-order valence-electron chi connectivity index (χ3n) is 8.58. The van der Waals surface area contributed by atoms with Gasteiger partial charge in [0.05, 0.1) is 5.56 Å². The number of amides is 1. The van der Waals surface area contributed by atoms with Crippen LogP contribution < -0.4 is 5.32 Å². The monoisotopic (exact) mass is 551 g/mol. The van der Waals surface area contributed by atoms with E-state index in [4.69, 9.17) is 14.7 Å². The number of anilines is 1. The Morgan fingerprint density at radius 3 is 2.52 bits per heavy atom. The van der Waals surface area contributed by atoms with Gasteiger partial charge in [0.15, 0.2) is 5.82 Å². The van der Waals surface area contributed by atoms with Gasteiger partial charge in [-0.15, -0.1) is 0 Å². The SMILES string of the molecule is O=C(Nc1cccc(C(F)(F)F)c1)OC[C@H]1C[C@@H]2CCN1C[C@@H]2c1cc(C2CCCC2)nc(-c2ccncc2)n1. The summed E-state index contributed by atoms with van der Waals surface area (Å²) in [5.74, 6) is 1.90. The summed E-state index contributed by atoms with van der Waals surface area (Å²) in [5, 5.41) is 2.43. The fourth-order valence-corrected chi connectivity index (χ4v) is 6.48. The highest BCUT2D eigenvalue weighted by Gasteiger charge is 2.42. The number of hydrogen-bond acceptors (Lipinski definition) is 6. The molecule has 3 saturated heterocycles. The Morgan fingerprint density at radius 2 is 1.80 bits per heavy atom. The normalized spacial score (nSPS) is 24.7. The Hall–Kier alpha value is -3.53. The van der Waals surface area contributed by atoms with E-state index >= 15 is 0 Å². The molecule has 2 aromatic heterocycles. The van der Waals surface area contributed by atoms with Crippen LogP contribution in [0.1, 0.15) is 67.3 Å². The summed E-state index contributed by atoms with van der Waals surface area (Å²) >= 11 is 0. The van der Waals surface area contributed by atoms with Crippen molar-refractivity contribution in [2.24, 2.45) is 5.92 Å². The number of carbonyl (C=O) groups is 1. The molecule has 10 heteroatoms. The number of nitrogens with zero attached hydrogens (tertiary/aromatic N) is 4. The van der Waals surface area contributed by atoms with E-state index in [0.717, 1.165) is 73.7 Å². The standard InChI is InChI=1S/C30H32F3N5O2/c31-30(32,33)22-6-3-7-23(15-22)35-29(39)40-18-24-14-21-10-13-38(24)17-25(21)27-16-26(19-4-1-2-5-19)36-28(37-27)20-8-11-34-12-9-20/h3,6-9,11-12,15-16,19,21,24-25H,1-2,4-5,10,13-14,17-18H2,(H,35,39)/t21-,24+,25-/m0/s1. The van der Waals surface area contributed by atoms with Gasteiger partial charge in [0, 0.05) is 59.5 Å². The molecule has 2 bridgehead atoms. The van der Waals surface area contributed by atoms with E-state index in [2.05, 4.69) is 21.3 Å². The van der Waals surface area contributed by atoms with E-state index in [1.165, 1.54) is 25.0 Å². The third kappa shape index (κ3) is 5.82. The first kappa shape index (κ1) is 26.7. The van der Waals surface area contributed by atoms with Gasteiger partial charge in [0.25, 0.3) is 0 Å². The van der Waals surface area contributed by atoms with Crippen LogP contribution in [0, 0.1) is 5.92 Å². The molecule has 1 unspecified atom stereocenters. The van der Waals surface area contributed by atoms with Gasteiger partial charge in [-0.3, -0.25) is 15.2 Å². The summed E-state index contributed by atoms with van der Waals surface area (Å²) in [4.78, 5) is 28.9. The molecule has 3 aliphatic heterocycles. The molecular weight excluding hydrogens is 519 g/mol. The Bertz CT molecular complexity index is 1350. The van der Waals surface area contributed by atoms with Crippen molar-refractivity contribution in [1.29, 1.82) is 0 Å². The van der Waals surface area contributed by atoms with Crippen LogP contribution in [0.3, 0.4) is 0 Å². The first-order valence-corrected chi connectivity index (χ1v) is 14.0. The number of benzene rings is 1. The highest BCUT2D eigenvalue weighted by Crippen LogP contribution is 2.43. The van der Waals surface area contributed by atoms with Crippen LogP contribution in [0.4, 0.5) is 23.7 Å². The number of rotatable bonds is 6. The van der Waals surface area contributed by atoms with Crippen molar-refractivity contribution in [3.05, 3.63) is 71.8 Å². The maximum absolute atomic E-state index is 13.0. The van der Waals surface area contributed by atoms with Crippen molar-refractivity contribution >= 4 is 11.8 Å². The van der Waals surface area contributed by atoms with Crippen molar-refractivity contribution in [2.45, 2.75) is 62.6 Å². The fourth-order valence-electron chi connectivity index (χ4n) is 6.48. The molecule has 0 spiro atoms. The van der Waals surface area contributed by atoms with E-state index < -0.39 is 17.8 Å². The van der Waals surface area contributed by atoms with Crippen LogP contribution >= 0.6 is 0 Å². The predicted molar refractivity (Wildman–Crippen MR) is 144 cm³/mol. The van der Waals surface area contributed by atoms with Crippen LogP contribution in [-0.2, 0) is 10.9 Å². The largest absolute Gasteiger partial charge is 0.448 e. The van der Waals surface area contributed by atoms with Gasteiger partial charge in [-0.2, -0.15) is 13.2 Å². The minimum Gasteiger partial charge on any atom is -0.448 e. The number of alkyl halides is 3. The van der Waals surface area contributed by atoms with Crippen LogP contribution in [0.2, 0.25) is 0 Å². The summed E-state index contributed by atoms with van der Waals surface area (Å²) in [6, 6.07) is 10.7. The fraction of sp³-hybridized carbons (Fsp3) is 0.467. The van der Waals surface area contributed by atoms with Gasteiger partial charge in [0.2, 0.25) is 0 Å². The third-order valence-corrected chi connectivity index (χ3v) is 8.58. The average molecular weight is 552 g/mol. The molecule has 4 aliphatic rings. The summed E-state index contributed by atoms with van der Waals surface area (Å²) in [5.41, 5.74) is 2.42. The van der Waals surface area contributed by atoms with Crippen molar-refractivity contribution in [1.82, 2.24) is 19.9 Å². The summed E-state index contributed by atoms with van der Waals surface area (Å²) in [6.45, 7) is 1.93. The Morgan fingerprint density at radius 1 is 1.02 bits per heavy atom. The number of halogens is 3.